The Morgan fingerprint density at radius 1 is 1.27 bits per heavy atom. The average molecular weight is 313 g/mol. The minimum absolute atomic E-state index is 0.244. The Morgan fingerprint density at radius 3 is 2.95 bits per heavy atom. The van der Waals surface area contributed by atoms with Crippen LogP contribution in [0.15, 0.2) is 35.0 Å². The molecule has 3 atom stereocenters. The Hall–Kier alpha value is -1.32. The second kappa shape index (κ2) is 5.71. The van der Waals surface area contributed by atoms with Crippen LogP contribution < -0.4 is 5.32 Å². The van der Waals surface area contributed by atoms with E-state index in [1.165, 1.54) is 35.2 Å². The smallest absolute Gasteiger partial charge is 0.0895 e. The molecule has 4 rings (SSSR count). The van der Waals surface area contributed by atoms with Crippen molar-refractivity contribution in [2.24, 2.45) is 5.92 Å². The maximum Gasteiger partial charge on any atom is 0.0895 e. The summed E-state index contributed by atoms with van der Waals surface area (Å²) in [5.41, 5.74) is 5.43. The standard InChI is InChI=1S/C19H23NOS/c1-12(2)13-5-6-17-16(10-13)19-15(4-3-8-21-19)18(20-17)14-7-9-22-11-14/h5-7,9-12,15,18-20H,3-4,8H2,1-2H3/t15-,18-,19-/m0/s1. The van der Waals surface area contributed by atoms with Crippen LogP contribution in [0.3, 0.4) is 0 Å². The molecule has 3 heteroatoms. The number of hydrogen-bond acceptors (Lipinski definition) is 3. The maximum atomic E-state index is 6.23. The summed E-state index contributed by atoms with van der Waals surface area (Å²) in [6.45, 7) is 5.40. The highest BCUT2D eigenvalue weighted by Crippen LogP contribution is 2.49. The summed E-state index contributed by atoms with van der Waals surface area (Å²) >= 11 is 1.78. The van der Waals surface area contributed by atoms with Crippen LogP contribution in [-0.4, -0.2) is 6.61 Å². The molecule has 0 saturated carbocycles. The molecule has 0 spiro atoms. The molecule has 2 aliphatic rings. The number of nitrogens with one attached hydrogen (secondary N) is 1. The van der Waals surface area contributed by atoms with Crippen molar-refractivity contribution in [3.63, 3.8) is 0 Å². The number of benzene rings is 1. The van der Waals surface area contributed by atoms with E-state index in [1.807, 2.05) is 0 Å². The van der Waals surface area contributed by atoms with Crippen LogP contribution in [0.2, 0.25) is 0 Å². The van der Waals surface area contributed by atoms with Gasteiger partial charge in [-0.2, -0.15) is 11.3 Å². The van der Waals surface area contributed by atoms with E-state index in [9.17, 15) is 0 Å². The molecule has 0 unspecified atom stereocenters. The van der Waals surface area contributed by atoms with Gasteiger partial charge >= 0.3 is 0 Å². The number of ether oxygens (including phenoxy) is 1. The molecule has 116 valence electrons. The van der Waals surface area contributed by atoms with Crippen LogP contribution in [0.4, 0.5) is 5.69 Å². The van der Waals surface area contributed by atoms with Crippen molar-refractivity contribution in [2.75, 3.05) is 11.9 Å². The van der Waals surface area contributed by atoms with Crippen LogP contribution in [-0.2, 0) is 4.74 Å². The third kappa shape index (κ3) is 2.37. The van der Waals surface area contributed by atoms with Gasteiger partial charge in [0.25, 0.3) is 0 Å². The SMILES string of the molecule is CC(C)c1ccc2c(c1)[C@H]1OCCC[C@H]1[C@H](c1ccsc1)N2. The molecule has 1 fully saturated rings. The molecule has 2 nitrogen and oxygen atoms in total. The van der Waals surface area contributed by atoms with Crippen LogP contribution in [0.25, 0.3) is 0 Å². The molecule has 3 heterocycles. The van der Waals surface area contributed by atoms with Gasteiger partial charge in [0.05, 0.1) is 12.1 Å². The van der Waals surface area contributed by atoms with Crippen molar-refractivity contribution in [2.45, 2.75) is 44.8 Å². The molecular weight excluding hydrogens is 290 g/mol. The number of fused-ring (bicyclic) bond motifs is 3. The maximum absolute atomic E-state index is 6.23. The molecule has 0 aliphatic carbocycles. The monoisotopic (exact) mass is 313 g/mol. The molecule has 1 aromatic heterocycles. The van der Waals surface area contributed by atoms with Crippen molar-refractivity contribution < 1.29 is 4.74 Å². The fraction of sp³-hybridized carbons (Fsp3) is 0.474. The summed E-state index contributed by atoms with van der Waals surface area (Å²) in [4.78, 5) is 0. The van der Waals surface area contributed by atoms with Crippen LogP contribution >= 0.6 is 11.3 Å². The number of thiophene rings is 1. The first-order valence-electron chi connectivity index (χ1n) is 8.28. The first kappa shape index (κ1) is 14.3. The van der Waals surface area contributed by atoms with E-state index in [0.29, 0.717) is 17.9 Å². The highest BCUT2D eigenvalue weighted by Gasteiger charge is 2.39. The van der Waals surface area contributed by atoms with Crippen molar-refractivity contribution in [1.82, 2.24) is 0 Å². The fourth-order valence-corrected chi connectivity index (χ4v) is 4.53. The second-order valence-electron chi connectivity index (χ2n) is 6.78. The summed E-state index contributed by atoms with van der Waals surface area (Å²) in [5.74, 6) is 1.10. The zero-order valence-corrected chi connectivity index (χ0v) is 14.0. The zero-order chi connectivity index (χ0) is 15.1. The molecule has 1 aromatic carbocycles. The molecule has 0 amide bonds. The van der Waals surface area contributed by atoms with E-state index >= 15 is 0 Å². The van der Waals surface area contributed by atoms with Gasteiger partial charge in [0.1, 0.15) is 0 Å². The normalized spacial score (nSPS) is 27.1. The lowest BCUT2D eigenvalue weighted by atomic mass is 9.77. The van der Waals surface area contributed by atoms with Crippen LogP contribution in [0, 0.1) is 5.92 Å². The summed E-state index contributed by atoms with van der Waals surface area (Å²) < 4.78 is 6.23. The lowest BCUT2D eigenvalue weighted by Gasteiger charge is -2.43. The predicted octanol–water partition coefficient (Wildman–Crippen LogP) is 5.51. The van der Waals surface area contributed by atoms with Crippen molar-refractivity contribution in [3.8, 4) is 0 Å². The van der Waals surface area contributed by atoms with Crippen molar-refractivity contribution in [1.29, 1.82) is 0 Å². The Balaban J connectivity index is 1.77. The summed E-state index contributed by atoms with van der Waals surface area (Å²) in [5, 5.41) is 8.24. The highest BCUT2D eigenvalue weighted by molar-refractivity contribution is 7.08. The van der Waals surface area contributed by atoms with Gasteiger partial charge in [0.15, 0.2) is 0 Å². The molecule has 2 aromatic rings. The topological polar surface area (TPSA) is 21.3 Å². The molecule has 0 radical (unpaired) electrons. The van der Waals surface area contributed by atoms with E-state index < -0.39 is 0 Å². The Labute approximate surface area is 136 Å². The summed E-state index contributed by atoms with van der Waals surface area (Å²) in [6, 6.07) is 9.50. The average Bonchev–Trinajstić information content (AvgIpc) is 3.08. The van der Waals surface area contributed by atoms with Gasteiger partial charge in [-0.15, -0.1) is 0 Å². The third-order valence-corrected chi connectivity index (χ3v) is 5.76. The first-order chi connectivity index (χ1) is 10.7. The molecule has 1 N–H and O–H groups in total. The van der Waals surface area contributed by atoms with E-state index in [1.54, 1.807) is 11.3 Å². The van der Waals surface area contributed by atoms with Gasteiger partial charge in [-0.25, -0.2) is 0 Å². The van der Waals surface area contributed by atoms with Gasteiger partial charge in [-0.05, 0) is 52.8 Å². The van der Waals surface area contributed by atoms with Gasteiger partial charge < -0.3 is 10.1 Å². The van der Waals surface area contributed by atoms with Gasteiger partial charge in [0.2, 0.25) is 0 Å². The molecule has 1 saturated heterocycles. The van der Waals surface area contributed by atoms with E-state index in [0.717, 1.165) is 6.61 Å². The quantitative estimate of drug-likeness (QED) is 0.789. The second-order valence-corrected chi connectivity index (χ2v) is 7.56. The molecular formula is C19H23NOS. The fourth-order valence-electron chi connectivity index (χ4n) is 3.83. The lowest BCUT2D eigenvalue weighted by molar-refractivity contribution is -0.0381. The van der Waals surface area contributed by atoms with Crippen molar-refractivity contribution >= 4 is 17.0 Å². The van der Waals surface area contributed by atoms with Gasteiger partial charge in [-0.3, -0.25) is 0 Å². The summed E-state index contributed by atoms with van der Waals surface area (Å²) in [6.07, 6.45) is 2.65. The zero-order valence-electron chi connectivity index (χ0n) is 13.2. The highest BCUT2D eigenvalue weighted by atomic mass is 32.1. The number of hydrogen-bond donors (Lipinski definition) is 1. The molecule has 2 aliphatic heterocycles. The molecule has 22 heavy (non-hydrogen) atoms. The van der Waals surface area contributed by atoms with Gasteiger partial charge in [-0.1, -0.05) is 26.0 Å². The Bertz CT molecular complexity index is 649. The van der Waals surface area contributed by atoms with E-state index in [2.05, 4.69) is 54.2 Å². The largest absolute Gasteiger partial charge is 0.378 e. The van der Waals surface area contributed by atoms with Crippen LogP contribution in [0.1, 0.15) is 61.4 Å². The predicted molar refractivity (Wildman–Crippen MR) is 92.6 cm³/mol. The van der Waals surface area contributed by atoms with Crippen molar-refractivity contribution in [3.05, 3.63) is 51.7 Å². The minimum Gasteiger partial charge on any atom is -0.378 e. The van der Waals surface area contributed by atoms with E-state index in [-0.39, 0.29) is 6.10 Å². The lowest BCUT2D eigenvalue weighted by Crippen LogP contribution is -2.35. The number of rotatable bonds is 2. The molecule has 0 bridgehead atoms. The van der Waals surface area contributed by atoms with Crippen LogP contribution in [0.5, 0.6) is 0 Å². The third-order valence-electron chi connectivity index (χ3n) is 5.06. The van der Waals surface area contributed by atoms with E-state index in [4.69, 9.17) is 4.74 Å². The summed E-state index contributed by atoms with van der Waals surface area (Å²) in [7, 11) is 0. The Kier molecular flexibility index (Phi) is 3.71. The number of anilines is 1. The minimum atomic E-state index is 0.244. The Morgan fingerprint density at radius 2 is 2.18 bits per heavy atom. The van der Waals surface area contributed by atoms with Gasteiger partial charge in [0, 0.05) is 23.8 Å². The first-order valence-corrected chi connectivity index (χ1v) is 9.22.